The van der Waals surface area contributed by atoms with E-state index in [0.29, 0.717) is 36.8 Å². The summed E-state index contributed by atoms with van der Waals surface area (Å²) in [4.78, 5) is 43.7. The summed E-state index contributed by atoms with van der Waals surface area (Å²) in [5.74, 6) is 0.159. The molecule has 7 nitrogen and oxygen atoms in total. The van der Waals surface area contributed by atoms with Crippen LogP contribution in [0.5, 0.6) is 0 Å². The van der Waals surface area contributed by atoms with E-state index in [4.69, 9.17) is 0 Å². The van der Waals surface area contributed by atoms with Crippen molar-refractivity contribution in [1.82, 2.24) is 10.3 Å². The Balaban J connectivity index is 1.28. The highest BCUT2D eigenvalue weighted by atomic mass is 32.1. The summed E-state index contributed by atoms with van der Waals surface area (Å²) in [7, 11) is 0. The van der Waals surface area contributed by atoms with Crippen molar-refractivity contribution in [3.8, 4) is 0 Å². The predicted molar refractivity (Wildman–Crippen MR) is 107 cm³/mol. The number of hydrogen-bond donors (Lipinski definition) is 1. The van der Waals surface area contributed by atoms with Crippen LogP contribution < -0.4 is 15.1 Å². The monoisotopic (exact) mass is 398 g/mol. The van der Waals surface area contributed by atoms with Gasteiger partial charge in [0, 0.05) is 43.5 Å². The Morgan fingerprint density at radius 2 is 1.71 bits per heavy atom. The van der Waals surface area contributed by atoms with Gasteiger partial charge in [-0.15, -0.1) is 11.3 Å². The topological polar surface area (TPSA) is 82.6 Å². The first-order valence-electron chi connectivity index (χ1n) is 9.51. The number of aromatic nitrogens is 1. The van der Waals surface area contributed by atoms with Crippen molar-refractivity contribution in [1.29, 1.82) is 0 Å². The molecule has 2 aliphatic heterocycles. The van der Waals surface area contributed by atoms with Gasteiger partial charge < -0.3 is 10.2 Å². The third-order valence-electron chi connectivity index (χ3n) is 5.00. The average Bonchev–Trinajstić information content (AvgIpc) is 3.42. The molecule has 0 aliphatic carbocycles. The van der Waals surface area contributed by atoms with Gasteiger partial charge in [-0.25, -0.2) is 4.98 Å². The fourth-order valence-corrected chi connectivity index (χ4v) is 4.36. The Bertz CT molecular complexity index is 893. The molecule has 2 saturated heterocycles. The standard InChI is InChI=1S/C20H22N4O3S/c25-17(11-15-13-28-20(22-15)24-10-2-4-19(24)27)21-12-14-5-7-16(8-6-14)23-9-1-3-18(23)26/h5-8,13H,1-4,9-12H2,(H,21,25). The Hall–Kier alpha value is -2.74. The molecule has 28 heavy (non-hydrogen) atoms. The fraction of sp³-hybridized carbons (Fsp3) is 0.400. The van der Waals surface area contributed by atoms with Gasteiger partial charge in [-0.05, 0) is 30.5 Å². The molecule has 1 N–H and O–H groups in total. The molecule has 4 rings (SSSR count). The van der Waals surface area contributed by atoms with Gasteiger partial charge in [-0.3, -0.25) is 19.3 Å². The van der Waals surface area contributed by atoms with Crippen LogP contribution in [0.15, 0.2) is 29.6 Å². The maximum absolute atomic E-state index is 12.2. The largest absolute Gasteiger partial charge is 0.352 e. The first-order valence-corrected chi connectivity index (χ1v) is 10.4. The second-order valence-electron chi connectivity index (χ2n) is 7.04. The number of carbonyl (C=O) groups excluding carboxylic acids is 3. The lowest BCUT2D eigenvalue weighted by Gasteiger charge is -2.16. The van der Waals surface area contributed by atoms with Crippen molar-refractivity contribution in [3.63, 3.8) is 0 Å². The third kappa shape index (κ3) is 4.06. The molecule has 1 aromatic heterocycles. The fourth-order valence-electron chi connectivity index (χ4n) is 3.49. The zero-order chi connectivity index (χ0) is 19.5. The zero-order valence-corrected chi connectivity index (χ0v) is 16.3. The number of nitrogens with zero attached hydrogens (tertiary/aromatic N) is 3. The second-order valence-corrected chi connectivity index (χ2v) is 7.88. The molecule has 0 radical (unpaired) electrons. The van der Waals surface area contributed by atoms with E-state index in [-0.39, 0.29) is 24.1 Å². The lowest BCUT2D eigenvalue weighted by molar-refractivity contribution is -0.120. The molecule has 0 unspecified atom stereocenters. The molecule has 1 aromatic carbocycles. The Morgan fingerprint density at radius 1 is 1.04 bits per heavy atom. The van der Waals surface area contributed by atoms with Crippen LogP contribution in [-0.2, 0) is 27.3 Å². The van der Waals surface area contributed by atoms with Crippen LogP contribution in [0.25, 0.3) is 0 Å². The van der Waals surface area contributed by atoms with Crippen molar-refractivity contribution < 1.29 is 14.4 Å². The summed E-state index contributed by atoms with van der Waals surface area (Å²) in [6.45, 7) is 1.90. The van der Waals surface area contributed by atoms with Crippen LogP contribution in [0.1, 0.15) is 36.9 Å². The summed E-state index contributed by atoms with van der Waals surface area (Å²) in [6, 6.07) is 7.71. The summed E-state index contributed by atoms with van der Waals surface area (Å²) >= 11 is 1.40. The van der Waals surface area contributed by atoms with Gasteiger partial charge in [0.05, 0.1) is 12.1 Å². The van der Waals surface area contributed by atoms with Crippen molar-refractivity contribution in [2.45, 2.75) is 38.6 Å². The van der Waals surface area contributed by atoms with Crippen LogP contribution in [0.3, 0.4) is 0 Å². The quantitative estimate of drug-likeness (QED) is 0.809. The normalized spacial score (nSPS) is 16.9. The highest BCUT2D eigenvalue weighted by Crippen LogP contribution is 2.25. The number of benzene rings is 1. The van der Waals surface area contributed by atoms with Crippen molar-refractivity contribution in [2.24, 2.45) is 0 Å². The van der Waals surface area contributed by atoms with Gasteiger partial charge in [0.2, 0.25) is 17.7 Å². The van der Waals surface area contributed by atoms with Crippen LogP contribution in [-0.4, -0.2) is 35.8 Å². The van der Waals surface area contributed by atoms with Gasteiger partial charge in [0.1, 0.15) is 0 Å². The number of anilines is 2. The van der Waals surface area contributed by atoms with Crippen LogP contribution in [0, 0.1) is 0 Å². The first kappa shape index (κ1) is 18.6. The Labute approximate surface area is 167 Å². The van der Waals surface area contributed by atoms with Crippen LogP contribution >= 0.6 is 11.3 Å². The van der Waals surface area contributed by atoms with Crippen molar-refractivity contribution >= 4 is 39.9 Å². The molecule has 3 heterocycles. The minimum absolute atomic E-state index is 0.101. The Kier molecular flexibility index (Phi) is 5.38. The number of amides is 3. The molecule has 2 fully saturated rings. The van der Waals surface area contributed by atoms with Crippen LogP contribution in [0.2, 0.25) is 0 Å². The number of hydrogen-bond acceptors (Lipinski definition) is 5. The number of nitrogens with one attached hydrogen (secondary N) is 1. The Morgan fingerprint density at radius 3 is 2.36 bits per heavy atom. The van der Waals surface area contributed by atoms with Gasteiger partial charge in [-0.1, -0.05) is 12.1 Å². The molecule has 0 atom stereocenters. The minimum Gasteiger partial charge on any atom is -0.352 e. The smallest absolute Gasteiger partial charge is 0.228 e. The van der Waals surface area contributed by atoms with E-state index in [1.165, 1.54) is 11.3 Å². The predicted octanol–water partition coefficient (Wildman–Crippen LogP) is 2.26. The summed E-state index contributed by atoms with van der Waals surface area (Å²) in [5.41, 5.74) is 2.56. The van der Waals surface area contributed by atoms with Crippen LogP contribution in [0.4, 0.5) is 10.8 Å². The van der Waals surface area contributed by atoms with Gasteiger partial charge >= 0.3 is 0 Å². The molecular formula is C20H22N4O3S. The SMILES string of the molecule is O=C(Cc1csc(N2CCCC2=O)n1)NCc1ccc(N2CCCC2=O)cc1. The van der Waals surface area contributed by atoms with Crippen molar-refractivity contribution in [3.05, 3.63) is 40.9 Å². The van der Waals surface area contributed by atoms with Crippen molar-refractivity contribution in [2.75, 3.05) is 22.9 Å². The summed E-state index contributed by atoms with van der Waals surface area (Å²) in [5, 5.41) is 5.41. The maximum Gasteiger partial charge on any atom is 0.228 e. The first-order chi connectivity index (χ1) is 13.6. The van der Waals surface area contributed by atoms with E-state index in [2.05, 4.69) is 10.3 Å². The number of thiazole rings is 1. The molecular weight excluding hydrogens is 376 g/mol. The molecule has 0 saturated carbocycles. The molecule has 146 valence electrons. The van der Waals surface area contributed by atoms with E-state index in [1.54, 1.807) is 9.80 Å². The second kappa shape index (κ2) is 8.10. The highest BCUT2D eigenvalue weighted by Gasteiger charge is 2.24. The van der Waals surface area contributed by atoms with E-state index in [0.717, 1.165) is 30.6 Å². The van der Waals surface area contributed by atoms with Gasteiger partial charge in [-0.2, -0.15) is 0 Å². The third-order valence-corrected chi connectivity index (χ3v) is 5.91. The lowest BCUT2D eigenvalue weighted by Crippen LogP contribution is -2.26. The number of carbonyl (C=O) groups is 3. The van der Waals surface area contributed by atoms with Gasteiger partial charge in [0.25, 0.3) is 0 Å². The molecule has 3 amide bonds. The highest BCUT2D eigenvalue weighted by molar-refractivity contribution is 7.14. The molecule has 8 heteroatoms. The number of rotatable bonds is 6. The average molecular weight is 398 g/mol. The maximum atomic E-state index is 12.2. The molecule has 0 spiro atoms. The lowest BCUT2D eigenvalue weighted by atomic mass is 10.2. The van der Waals surface area contributed by atoms with E-state index >= 15 is 0 Å². The molecule has 0 bridgehead atoms. The molecule has 2 aliphatic rings. The molecule has 2 aromatic rings. The zero-order valence-electron chi connectivity index (χ0n) is 15.5. The summed E-state index contributed by atoms with van der Waals surface area (Å²) < 4.78 is 0. The van der Waals surface area contributed by atoms with E-state index in [9.17, 15) is 14.4 Å². The van der Waals surface area contributed by atoms with E-state index in [1.807, 2.05) is 29.6 Å². The summed E-state index contributed by atoms with van der Waals surface area (Å²) in [6.07, 6.45) is 3.14. The van der Waals surface area contributed by atoms with Gasteiger partial charge in [0.15, 0.2) is 5.13 Å². The minimum atomic E-state index is -0.108. The van der Waals surface area contributed by atoms with E-state index < -0.39 is 0 Å².